The lowest BCUT2D eigenvalue weighted by Crippen LogP contribution is -2.29. The molecule has 0 saturated heterocycles. The Labute approximate surface area is 94.6 Å². The fraction of sp³-hybridized carbons (Fsp3) is 0.667. The molecule has 0 rings (SSSR count). The van der Waals surface area contributed by atoms with Crippen molar-refractivity contribution in [3.63, 3.8) is 0 Å². The number of rotatable bonds is 6. The highest BCUT2D eigenvalue weighted by Crippen LogP contribution is 2.43. The Balaban J connectivity index is 4.44. The first-order chi connectivity index (χ1) is 7.73. The van der Waals surface area contributed by atoms with Gasteiger partial charge in [0.2, 0.25) is 0 Å². The summed E-state index contributed by atoms with van der Waals surface area (Å²) < 4.78 is 18.3. The maximum absolute atomic E-state index is 11.0. The summed E-state index contributed by atoms with van der Waals surface area (Å²) in [6.45, 7) is -2.13. The van der Waals surface area contributed by atoms with E-state index in [4.69, 9.17) is 25.3 Å². The number of hydrogen-bond acceptors (Lipinski definition) is 9. The molecule has 0 heterocycles. The van der Waals surface area contributed by atoms with Crippen LogP contribution in [0.4, 0.5) is 0 Å². The monoisotopic (exact) mass is 274 g/mol. The minimum absolute atomic E-state index is 1.06. The van der Waals surface area contributed by atoms with E-state index in [9.17, 15) is 14.2 Å². The lowest BCUT2D eigenvalue weighted by molar-refractivity contribution is -0.152. The van der Waals surface area contributed by atoms with Gasteiger partial charge in [-0.15, -0.1) is 0 Å². The normalized spacial score (nSPS) is 17.7. The van der Waals surface area contributed by atoms with Gasteiger partial charge in [0.25, 0.3) is 0 Å². The third-order valence-corrected chi connectivity index (χ3v) is 2.12. The van der Waals surface area contributed by atoms with E-state index in [0.717, 1.165) is 0 Å². The van der Waals surface area contributed by atoms with Crippen LogP contribution in [0.2, 0.25) is 0 Å². The van der Waals surface area contributed by atoms with Gasteiger partial charge in [-0.1, -0.05) is 0 Å². The maximum Gasteiger partial charge on any atom is 0.589 e. The fourth-order valence-electron chi connectivity index (χ4n) is 0.517. The number of hydrogen-bond donors (Lipinski definition) is 5. The van der Waals surface area contributed by atoms with E-state index < -0.39 is 45.2 Å². The largest absolute Gasteiger partial charge is 0.589 e. The summed E-state index contributed by atoms with van der Waals surface area (Å²) in [5.41, 5.74) is 0. The standard InChI is InChI=1S/C6H11O10P/c7-1-3(9)5(11)15-17(13,14)16-6(12)4(10)2-8/h3-4,7-10H,1-2H2,(H,13,14). The third-order valence-electron chi connectivity index (χ3n) is 1.30. The van der Waals surface area contributed by atoms with Crippen LogP contribution in [0.1, 0.15) is 0 Å². The topological polar surface area (TPSA) is 171 Å². The van der Waals surface area contributed by atoms with Crippen molar-refractivity contribution < 1.29 is 48.5 Å². The van der Waals surface area contributed by atoms with Gasteiger partial charge in [0.1, 0.15) is 0 Å². The third kappa shape index (κ3) is 5.73. The Kier molecular flexibility index (Phi) is 6.24. The molecule has 0 spiro atoms. The number of carbonyl (C=O) groups is 2. The van der Waals surface area contributed by atoms with E-state index in [2.05, 4.69) is 9.05 Å². The van der Waals surface area contributed by atoms with E-state index in [-0.39, 0.29) is 0 Å². The number of aliphatic hydroxyl groups excluding tert-OH is 4. The molecule has 0 saturated carbocycles. The summed E-state index contributed by atoms with van der Waals surface area (Å²) in [6.07, 6.45) is -4.14. The van der Waals surface area contributed by atoms with Gasteiger partial charge in [0.05, 0.1) is 13.2 Å². The molecule has 0 aliphatic heterocycles. The Morgan fingerprint density at radius 3 is 1.53 bits per heavy atom. The van der Waals surface area contributed by atoms with Crippen LogP contribution in [0.15, 0.2) is 0 Å². The molecule has 17 heavy (non-hydrogen) atoms. The highest BCUT2D eigenvalue weighted by Gasteiger charge is 2.35. The van der Waals surface area contributed by atoms with Crippen molar-refractivity contribution in [2.24, 2.45) is 0 Å². The Morgan fingerprint density at radius 2 is 1.29 bits per heavy atom. The first-order valence-electron chi connectivity index (χ1n) is 4.11. The number of phosphoric acid groups is 1. The van der Waals surface area contributed by atoms with Crippen LogP contribution in [-0.4, -0.2) is 62.7 Å². The van der Waals surface area contributed by atoms with Crippen molar-refractivity contribution in [2.75, 3.05) is 13.2 Å². The van der Waals surface area contributed by atoms with Gasteiger partial charge in [0, 0.05) is 0 Å². The molecule has 2 unspecified atom stereocenters. The molecule has 100 valence electrons. The molecule has 0 fully saturated rings. The van der Waals surface area contributed by atoms with E-state index in [0.29, 0.717) is 0 Å². The zero-order valence-corrected chi connectivity index (χ0v) is 9.19. The van der Waals surface area contributed by atoms with Gasteiger partial charge in [-0.3, -0.25) is 4.89 Å². The molecule has 0 bridgehead atoms. The van der Waals surface area contributed by atoms with Crippen LogP contribution in [0, 0.1) is 0 Å². The summed E-state index contributed by atoms with van der Waals surface area (Å²) in [5.74, 6) is -3.38. The fourth-order valence-corrected chi connectivity index (χ4v) is 1.25. The van der Waals surface area contributed by atoms with Crippen molar-refractivity contribution in [1.82, 2.24) is 0 Å². The second kappa shape index (κ2) is 6.64. The highest BCUT2D eigenvalue weighted by molar-refractivity contribution is 7.48. The van der Waals surface area contributed by atoms with Gasteiger partial charge in [-0.2, -0.15) is 0 Å². The minimum atomic E-state index is -5.18. The summed E-state index contributed by atoms with van der Waals surface area (Å²) in [7, 11) is -5.18. The predicted octanol–water partition coefficient (Wildman–Crippen LogP) is -3.12. The lowest BCUT2D eigenvalue weighted by Gasteiger charge is -2.14. The molecule has 0 aliphatic rings. The van der Waals surface area contributed by atoms with Crippen molar-refractivity contribution >= 4 is 19.8 Å². The summed E-state index contributed by atoms with van der Waals surface area (Å²) in [6, 6.07) is 0. The SMILES string of the molecule is O=C(OP(=O)(O)OC(=O)C(O)CO)C(O)CO. The van der Waals surface area contributed by atoms with Crippen LogP contribution < -0.4 is 0 Å². The average molecular weight is 274 g/mol. The predicted molar refractivity (Wildman–Crippen MR) is 48.2 cm³/mol. The lowest BCUT2D eigenvalue weighted by atomic mass is 10.4. The summed E-state index contributed by atoms with van der Waals surface area (Å²) in [4.78, 5) is 30.3. The zero-order valence-electron chi connectivity index (χ0n) is 8.29. The Morgan fingerprint density at radius 1 is 1.00 bits per heavy atom. The van der Waals surface area contributed by atoms with Crippen molar-refractivity contribution in [3.8, 4) is 0 Å². The zero-order chi connectivity index (χ0) is 13.6. The van der Waals surface area contributed by atoms with Gasteiger partial charge in [0.15, 0.2) is 12.2 Å². The molecule has 5 N–H and O–H groups in total. The molecule has 11 heteroatoms. The summed E-state index contributed by atoms with van der Waals surface area (Å²) >= 11 is 0. The molecule has 0 aromatic carbocycles. The Hall–Kier alpha value is -1.03. The first-order valence-corrected chi connectivity index (χ1v) is 5.60. The van der Waals surface area contributed by atoms with Crippen molar-refractivity contribution in [3.05, 3.63) is 0 Å². The van der Waals surface area contributed by atoms with Crippen LogP contribution in [0.25, 0.3) is 0 Å². The van der Waals surface area contributed by atoms with Gasteiger partial charge in [-0.25, -0.2) is 14.2 Å². The molecule has 0 aliphatic carbocycles. The van der Waals surface area contributed by atoms with Crippen LogP contribution in [0.5, 0.6) is 0 Å². The first kappa shape index (κ1) is 16.0. The van der Waals surface area contributed by atoms with Gasteiger partial charge >= 0.3 is 19.8 Å². The van der Waals surface area contributed by atoms with Crippen LogP contribution in [0.3, 0.4) is 0 Å². The van der Waals surface area contributed by atoms with E-state index in [1.54, 1.807) is 0 Å². The van der Waals surface area contributed by atoms with Gasteiger partial charge < -0.3 is 29.5 Å². The molecule has 0 radical (unpaired) electrons. The second-order valence-electron chi connectivity index (χ2n) is 2.69. The molecule has 0 amide bonds. The van der Waals surface area contributed by atoms with E-state index in [1.165, 1.54) is 0 Å². The Bertz CT molecular complexity index is 299. The maximum atomic E-state index is 11.0. The quantitative estimate of drug-likeness (QED) is 0.312. The molecule has 0 aromatic rings. The molecule has 2 atom stereocenters. The number of phosphoric ester groups is 1. The summed E-state index contributed by atoms with van der Waals surface area (Å²) in [5, 5.41) is 34.0. The molecular weight excluding hydrogens is 263 g/mol. The van der Waals surface area contributed by atoms with E-state index in [1.807, 2.05) is 0 Å². The number of carbonyl (C=O) groups excluding carboxylic acids is 2. The van der Waals surface area contributed by atoms with E-state index >= 15 is 0 Å². The smallest absolute Gasteiger partial charge is 0.393 e. The minimum Gasteiger partial charge on any atom is -0.393 e. The molecule has 10 nitrogen and oxygen atoms in total. The van der Waals surface area contributed by atoms with Crippen LogP contribution in [-0.2, 0) is 23.2 Å². The second-order valence-corrected chi connectivity index (χ2v) is 3.99. The number of aliphatic hydroxyl groups is 4. The van der Waals surface area contributed by atoms with Crippen molar-refractivity contribution in [1.29, 1.82) is 0 Å². The van der Waals surface area contributed by atoms with Gasteiger partial charge in [-0.05, 0) is 0 Å². The van der Waals surface area contributed by atoms with Crippen LogP contribution >= 0.6 is 7.82 Å². The average Bonchev–Trinajstić information content (AvgIpc) is 2.25. The molecule has 0 aromatic heterocycles. The highest BCUT2D eigenvalue weighted by atomic mass is 31.2. The van der Waals surface area contributed by atoms with Crippen molar-refractivity contribution in [2.45, 2.75) is 12.2 Å². The molecular formula is C6H11O10P.